The van der Waals surface area contributed by atoms with Crippen molar-refractivity contribution in [1.29, 1.82) is 0 Å². The second kappa shape index (κ2) is 9.01. The predicted molar refractivity (Wildman–Crippen MR) is 103 cm³/mol. The summed E-state index contributed by atoms with van der Waals surface area (Å²) in [5.74, 6) is 0.418. The maximum Gasteiger partial charge on any atom is 0.103 e. The van der Waals surface area contributed by atoms with E-state index < -0.39 is 6.17 Å². The Hall–Kier alpha value is -0.390. The zero-order valence-corrected chi connectivity index (χ0v) is 16.2. The number of hydrogen-bond acceptors (Lipinski definition) is 3. The highest BCUT2D eigenvalue weighted by Gasteiger charge is 2.33. The van der Waals surface area contributed by atoms with Crippen molar-refractivity contribution >= 4 is 23.2 Å². The monoisotopic (exact) mass is 387 g/mol. The number of benzene rings is 1. The molecule has 0 unspecified atom stereocenters. The summed E-state index contributed by atoms with van der Waals surface area (Å²) in [4.78, 5) is 4.95. The van der Waals surface area contributed by atoms with Crippen LogP contribution in [0.15, 0.2) is 18.2 Å². The molecule has 3 nitrogen and oxygen atoms in total. The van der Waals surface area contributed by atoms with Gasteiger partial charge in [-0.05, 0) is 62.4 Å². The van der Waals surface area contributed by atoms with Crippen LogP contribution in [-0.4, -0.2) is 61.3 Å². The van der Waals surface area contributed by atoms with Gasteiger partial charge in [0.1, 0.15) is 6.17 Å². The normalized spacial score (nSPS) is 22.1. The molecule has 3 rings (SSSR count). The summed E-state index contributed by atoms with van der Waals surface area (Å²) in [6, 6.07) is 6.53. The standard InChI is InChI=1S/C19H28Cl2FN3/c20-18-2-1-15(11-19(18)21)14(3-7-23)4-8-24-12-17(13-24)25-9-5-16(22)6-10-25/h1-2,11,14,16-17H,3-10,12-13,23H2/t14-/m0/s1. The first-order chi connectivity index (χ1) is 12.1. The Balaban J connectivity index is 1.46. The first kappa shape index (κ1) is 19.4. The fourth-order valence-corrected chi connectivity index (χ4v) is 4.28. The number of nitrogens with two attached hydrogens (primary N) is 1. The van der Waals surface area contributed by atoms with Gasteiger partial charge < -0.3 is 10.6 Å². The molecule has 6 heteroatoms. The van der Waals surface area contributed by atoms with Gasteiger partial charge >= 0.3 is 0 Å². The van der Waals surface area contributed by atoms with E-state index in [0.29, 0.717) is 41.4 Å². The summed E-state index contributed by atoms with van der Waals surface area (Å²) in [7, 11) is 0. The van der Waals surface area contributed by atoms with Gasteiger partial charge in [-0.15, -0.1) is 0 Å². The Morgan fingerprint density at radius 1 is 1.12 bits per heavy atom. The number of hydrogen-bond donors (Lipinski definition) is 1. The van der Waals surface area contributed by atoms with Gasteiger partial charge in [0, 0.05) is 32.2 Å². The first-order valence-electron chi connectivity index (χ1n) is 9.32. The highest BCUT2D eigenvalue weighted by Crippen LogP contribution is 2.31. The van der Waals surface area contributed by atoms with Gasteiger partial charge in [0.2, 0.25) is 0 Å². The van der Waals surface area contributed by atoms with Crippen molar-refractivity contribution in [2.24, 2.45) is 5.73 Å². The van der Waals surface area contributed by atoms with Crippen LogP contribution in [0.1, 0.15) is 37.2 Å². The quantitative estimate of drug-likeness (QED) is 0.768. The SMILES string of the molecule is NCC[C@@H](CCN1CC(N2CCC(F)CC2)C1)c1ccc(Cl)c(Cl)c1. The smallest absolute Gasteiger partial charge is 0.103 e. The molecule has 2 aliphatic heterocycles. The van der Waals surface area contributed by atoms with Gasteiger partial charge in [-0.3, -0.25) is 4.90 Å². The molecule has 1 aromatic carbocycles. The van der Waals surface area contributed by atoms with E-state index in [0.717, 1.165) is 45.6 Å². The molecule has 2 heterocycles. The predicted octanol–water partition coefficient (Wildman–Crippen LogP) is 3.93. The molecule has 2 saturated heterocycles. The maximum absolute atomic E-state index is 13.3. The molecule has 1 atom stereocenters. The largest absolute Gasteiger partial charge is 0.330 e. The van der Waals surface area contributed by atoms with Gasteiger partial charge in [0.25, 0.3) is 0 Å². The van der Waals surface area contributed by atoms with Crippen molar-refractivity contribution in [3.05, 3.63) is 33.8 Å². The molecule has 2 N–H and O–H groups in total. The molecule has 0 aliphatic carbocycles. The van der Waals surface area contributed by atoms with Crippen LogP contribution in [0.4, 0.5) is 4.39 Å². The van der Waals surface area contributed by atoms with Crippen molar-refractivity contribution in [1.82, 2.24) is 9.80 Å². The third-order valence-corrected chi connectivity index (χ3v) is 6.38. The highest BCUT2D eigenvalue weighted by atomic mass is 35.5. The first-order valence-corrected chi connectivity index (χ1v) is 10.1. The Bertz CT molecular complexity index is 558. The Kier molecular flexibility index (Phi) is 6.98. The van der Waals surface area contributed by atoms with Crippen molar-refractivity contribution in [3.63, 3.8) is 0 Å². The van der Waals surface area contributed by atoms with Crippen molar-refractivity contribution in [2.75, 3.05) is 39.3 Å². The third kappa shape index (κ3) is 5.08. The summed E-state index contributed by atoms with van der Waals surface area (Å²) in [6.07, 6.45) is 2.85. The molecule has 0 saturated carbocycles. The molecular weight excluding hydrogens is 360 g/mol. The molecule has 0 radical (unpaired) electrons. The molecule has 1 aromatic rings. The third-order valence-electron chi connectivity index (χ3n) is 5.64. The Labute approximate surface area is 160 Å². The number of rotatable bonds is 7. The average Bonchev–Trinajstić information content (AvgIpc) is 2.56. The van der Waals surface area contributed by atoms with E-state index in [4.69, 9.17) is 28.9 Å². The minimum Gasteiger partial charge on any atom is -0.330 e. The minimum atomic E-state index is -0.587. The molecular formula is C19H28Cl2FN3. The summed E-state index contributed by atoms with van der Waals surface area (Å²) in [6.45, 7) is 5.78. The van der Waals surface area contributed by atoms with Crippen LogP contribution < -0.4 is 5.73 Å². The summed E-state index contributed by atoms with van der Waals surface area (Å²) in [5.41, 5.74) is 7.03. The molecule has 2 aliphatic rings. The summed E-state index contributed by atoms with van der Waals surface area (Å²) in [5, 5.41) is 1.21. The van der Waals surface area contributed by atoms with Gasteiger partial charge in [0.05, 0.1) is 10.0 Å². The van der Waals surface area contributed by atoms with Crippen LogP contribution in [0.25, 0.3) is 0 Å². The van der Waals surface area contributed by atoms with E-state index in [2.05, 4.69) is 15.9 Å². The summed E-state index contributed by atoms with van der Waals surface area (Å²) < 4.78 is 13.3. The van der Waals surface area contributed by atoms with E-state index >= 15 is 0 Å². The molecule has 0 bridgehead atoms. The van der Waals surface area contributed by atoms with Crippen molar-refractivity contribution in [3.8, 4) is 0 Å². The lowest BCUT2D eigenvalue weighted by atomic mass is 9.91. The average molecular weight is 388 g/mol. The lowest BCUT2D eigenvalue weighted by Crippen LogP contribution is -2.60. The van der Waals surface area contributed by atoms with Gasteiger partial charge in [-0.25, -0.2) is 4.39 Å². The van der Waals surface area contributed by atoms with Crippen molar-refractivity contribution < 1.29 is 4.39 Å². The minimum absolute atomic E-state index is 0.418. The second-order valence-corrected chi connectivity index (χ2v) is 8.17. The topological polar surface area (TPSA) is 32.5 Å². The lowest BCUT2D eigenvalue weighted by Gasteiger charge is -2.47. The van der Waals surface area contributed by atoms with E-state index in [1.807, 2.05) is 12.1 Å². The van der Waals surface area contributed by atoms with Crippen LogP contribution in [0, 0.1) is 0 Å². The van der Waals surface area contributed by atoms with Gasteiger partial charge in [-0.2, -0.15) is 0 Å². The van der Waals surface area contributed by atoms with Crippen LogP contribution in [0.5, 0.6) is 0 Å². The van der Waals surface area contributed by atoms with Crippen molar-refractivity contribution in [2.45, 2.75) is 43.8 Å². The van der Waals surface area contributed by atoms with E-state index in [1.165, 1.54) is 5.56 Å². The number of likely N-dealkylation sites (tertiary alicyclic amines) is 2. The zero-order valence-electron chi connectivity index (χ0n) is 14.6. The number of halogens is 3. The van der Waals surface area contributed by atoms with Crippen LogP contribution in [0.2, 0.25) is 10.0 Å². The fraction of sp³-hybridized carbons (Fsp3) is 0.684. The Morgan fingerprint density at radius 2 is 1.84 bits per heavy atom. The lowest BCUT2D eigenvalue weighted by molar-refractivity contribution is 0.00894. The molecule has 25 heavy (non-hydrogen) atoms. The van der Waals surface area contributed by atoms with E-state index in [1.54, 1.807) is 0 Å². The molecule has 140 valence electrons. The van der Waals surface area contributed by atoms with Crippen LogP contribution in [0.3, 0.4) is 0 Å². The highest BCUT2D eigenvalue weighted by molar-refractivity contribution is 6.42. The molecule has 0 aromatic heterocycles. The second-order valence-electron chi connectivity index (χ2n) is 7.36. The van der Waals surface area contributed by atoms with Crippen LogP contribution >= 0.6 is 23.2 Å². The number of piperidine rings is 1. The van der Waals surface area contributed by atoms with Crippen LogP contribution in [-0.2, 0) is 0 Å². The maximum atomic E-state index is 13.3. The summed E-state index contributed by atoms with van der Waals surface area (Å²) >= 11 is 12.2. The molecule has 0 spiro atoms. The fourth-order valence-electron chi connectivity index (χ4n) is 3.97. The van der Waals surface area contributed by atoms with E-state index in [9.17, 15) is 4.39 Å². The molecule has 2 fully saturated rings. The van der Waals surface area contributed by atoms with E-state index in [-0.39, 0.29) is 0 Å². The number of alkyl halides is 1. The molecule has 0 amide bonds. The van der Waals surface area contributed by atoms with Gasteiger partial charge in [0.15, 0.2) is 0 Å². The zero-order chi connectivity index (χ0) is 17.8. The number of nitrogens with zero attached hydrogens (tertiary/aromatic N) is 2. The van der Waals surface area contributed by atoms with Gasteiger partial charge in [-0.1, -0.05) is 29.3 Å². The Morgan fingerprint density at radius 3 is 2.48 bits per heavy atom.